The number of carbonyl (C=O) groups is 2. The van der Waals surface area contributed by atoms with E-state index >= 15 is 0 Å². The molecule has 1 aromatic carbocycles. The molecule has 2 heterocycles. The van der Waals surface area contributed by atoms with Crippen molar-refractivity contribution in [2.75, 3.05) is 4.72 Å². The van der Waals surface area contributed by atoms with Gasteiger partial charge in [-0.2, -0.15) is 0 Å². The molecule has 0 atom stereocenters. The molecule has 2 aromatic rings. The maximum atomic E-state index is 11.9. The van der Waals surface area contributed by atoms with Gasteiger partial charge in [0, 0.05) is 16.7 Å². The fourth-order valence-corrected chi connectivity index (χ4v) is 3.00. The third-order valence-electron chi connectivity index (χ3n) is 3.48. The van der Waals surface area contributed by atoms with Crippen LogP contribution in [0.4, 0.5) is 5.69 Å². The Bertz CT molecular complexity index is 1080. The number of sulfonamides is 1. The number of hydrogen-bond donors (Lipinski definition) is 3. The molecule has 0 saturated carbocycles. The number of amides is 2. The van der Waals surface area contributed by atoms with Crippen molar-refractivity contribution in [2.45, 2.75) is 0 Å². The van der Waals surface area contributed by atoms with Gasteiger partial charge in [-0.15, -0.1) is 0 Å². The van der Waals surface area contributed by atoms with Crippen LogP contribution < -0.4 is 15.4 Å². The molecule has 0 radical (unpaired) electrons. The summed E-state index contributed by atoms with van der Waals surface area (Å²) in [4.78, 5) is 23.7. The Labute approximate surface area is 160 Å². The molecule has 0 unspecified atom stereocenters. The minimum atomic E-state index is -3.63. The molecule has 0 spiro atoms. The first kappa shape index (κ1) is 18.5. The van der Waals surface area contributed by atoms with E-state index in [0.717, 1.165) is 5.41 Å². The first-order chi connectivity index (χ1) is 12.8. The Balaban J connectivity index is 1.87. The minimum absolute atomic E-state index is 0.0546. The first-order valence-electron chi connectivity index (χ1n) is 7.51. The highest BCUT2D eigenvalue weighted by Crippen LogP contribution is 2.26. The maximum Gasteiger partial charge on any atom is 0.263 e. The summed E-state index contributed by atoms with van der Waals surface area (Å²) in [7, 11) is -3.63. The predicted octanol–water partition coefficient (Wildman–Crippen LogP) is 1.75. The minimum Gasteiger partial charge on any atom is -0.457 e. The van der Waals surface area contributed by atoms with Gasteiger partial charge in [-0.1, -0.05) is 18.7 Å². The van der Waals surface area contributed by atoms with E-state index in [-0.39, 0.29) is 16.4 Å². The van der Waals surface area contributed by atoms with Crippen LogP contribution in [0, 0.1) is 0 Å². The number of anilines is 1. The zero-order valence-corrected chi connectivity index (χ0v) is 15.3. The van der Waals surface area contributed by atoms with E-state index in [1.165, 1.54) is 6.08 Å². The first-order valence-corrected chi connectivity index (χ1v) is 9.47. The fraction of sp³-hybridized carbons (Fsp3) is 0. The maximum absolute atomic E-state index is 11.9. The molecular formula is C17H13N3O5S2. The van der Waals surface area contributed by atoms with Gasteiger partial charge >= 0.3 is 0 Å². The summed E-state index contributed by atoms with van der Waals surface area (Å²) >= 11 is 4.73. The number of benzene rings is 1. The Hall–Kier alpha value is -3.24. The van der Waals surface area contributed by atoms with Gasteiger partial charge in [-0.05, 0) is 42.6 Å². The molecule has 0 aliphatic carbocycles. The van der Waals surface area contributed by atoms with Crippen LogP contribution >= 0.6 is 12.2 Å². The molecule has 0 bridgehead atoms. The lowest BCUT2D eigenvalue weighted by Crippen LogP contribution is -2.51. The van der Waals surface area contributed by atoms with Gasteiger partial charge in [-0.25, -0.2) is 8.42 Å². The third kappa shape index (κ3) is 4.30. The van der Waals surface area contributed by atoms with Crippen LogP contribution in [0.3, 0.4) is 0 Å². The molecule has 3 rings (SSSR count). The van der Waals surface area contributed by atoms with Crippen molar-refractivity contribution in [3.63, 3.8) is 0 Å². The summed E-state index contributed by atoms with van der Waals surface area (Å²) in [6, 6.07) is 9.75. The van der Waals surface area contributed by atoms with Crippen molar-refractivity contribution in [3.8, 4) is 11.3 Å². The van der Waals surface area contributed by atoms with E-state index in [0.29, 0.717) is 17.0 Å². The van der Waals surface area contributed by atoms with Crippen LogP contribution in [-0.2, 0) is 19.6 Å². The van der Waals surface area contributed by atoms with Crippen molar-refractivity contribution < 1.29 is 22.4 Å². The van der Waals surface area contributed by atoms with Crippen molar-refractivity contribution in [1.29, 1.82) is 0 Å². The van der Waals surface area contributed by atoms with Gasteiger partial charge in [0.1, 0.15) is 17.1 Å². The van der Waals surface area contributed by atoms with Crippen LogP contribution in [0.15, 0.2) is 58.4 Å². The van der Waals surface area contributed by atoms with Crippen LogP contribution in [0.1, 0.15) is 5.76 Å². The average Bonchev–Trinajstić information content (AvgIpc) is 3.07. The van der Waals surface area contributed by atoms with Crippen molar-refractivity contribution in [1.82, 2.24) is 10.6 Å². The molecular weight excluding hydrogens is 390 g/mol. The second-order valence-electron chi connectivity index (χ2n) is 5.39. The highest BCUT2D eigenvalue weighted by atomic mass is 32.2. The van der Waals surface area contributed by atoms with Crippen LogP contribution in [0.2, 0.25) is 0 Å². The molecule has 1 fully saturated rings. The number of carbonyl (C=O) groups excluding carboxylic acids is 2. The van der Waals surface area contributed by atoms with Gasteiger partial charge < -0.3 is 4.42 Å². The average molecular weight is 403 g/mol. The van der Waals surface area contributed by atoms with Gasteiger partial charge in [0.2, 0.25) is 0 Å². The molecule has 8 nitrogen and oxygen atoms in total. The molecule has 1 aliphatic rings. The Kier molecular flexibility index (Phi) is 4.93. The lowest BCUT2D eigenvalue weighted by Gasteiger charge is -2.15. The molecule has 27 heavy (non-hydrogen) atoms. The summed E-state index contributed by atoms with van der Waals surface area (Å²) < 4.78 is 31.2. The van der Waals surface area contributed by atoms with Gasteiger partial charge in [0.15, 0.2) is 5.11 Å². The SMILES string of the molecule is C=CS(=O)(=O)Nc1cccc(-c2ccc(C=C3C(=O)NC(=S)NC3=O)o2)c1. The standard InChI is InChI=1S/C17H13N3O5S2/c1-2-27(23,24)20-11-5-3-4-10(8-11)14-7-6-12(25-14)9-13-15(21)18-17(26)19-16(13)22/h2-9,20H,1H2,(H2,18,19,21,22,26). The molecule has 3 N–H and O–H groups in total. The predicted molar refractivity (Wildman–Crippen MR) is 104 cm³/mol. The Morgan fingerprint density at radius 2 is 1.81 bits per heavy atom. The number of rotatable bonds is 5. The third-order valence-corrected chi connectivity index (χ3v) is 4.65. The van der Waals surface area contributed by atoms with E-state index in [2.05, 4.69) is 21.9 Å². The lowest BCUT2D eigenvalue weighted by atomic mass is 10.1. The number of nitrogens with one attached hydrogen (secondary N) is 3. The highest BCUT2D eigenvalue weighted by molar-refractivity contribution is 7.95. The smallest absolute Gasteiger partial charge is 0.263 e. The van der Waals surface area contributed by atoms with Gasteiger partial charge in [0.25, 0.3) is 21.8 Å². The second-order valence-corrected chi connectivity index (χ2v) is 7.43. The van der Waals surface area contributed by atoms with E-state index in [9.17, 15) is 18.0 Å². The van der Waals surface area contributed by atoms with E-state index in [4.69, 9.17) is 16.6 Å². The summed E-state index contributed by atoms with van der Waals surface area (Å²) in [6.45, 7) is 3.24. The summed E-state index contributed by atoms with van der Waals surface area (Å²) in [5.41, 5.74) is 0.794. The van der Waals surface area contributed by atoms with Crippen LogP contribution in [-0.4, -0.2) is 25.3 Å². The van der Waals surface area contributed by atoms with E-state index < -0.39 is 21.8 Å². The van der Waals surface area contributed by atoms with E-state index in [1.807, 2.05) is 0 Å². The van der Waals surface area contributed by atoms with Gasteiger partial charge in [0.05, 0.1) is 0 Å². The molecule has 2 amide bonds. The zero-order chi connectivity index (χ0) is 19.6. The summed E-state index contributed by atoms with van der Waals surface area (Å²) in [6.07, 6.45) is 1.29. The van der Waals surface area contributed by atoms with Gasteiger partial charge in [-0.3, -0.25) is 24.9 Å². The van der Waals surface area contributed by atoms with Crippen molar-refractivity contribution in [2.24, 2.45) is 0 Å². The zero-order valence-electron chi connectivity index (χ0n) is 13.7. The summed E-state index contributed by atoms with van der Waals surface area (Å²) in [5, 5.41) is 5.41. The summed E-state index contributed by atoms with van der Waals surface area (Å²) in [5.74, 6) is -0.547. The van der Waals surface area contributed by atoms with Crippen molar-refractivity contribution >= 4 is 50.9 Å². The van der Waals surface area contributed by atoms with Crippen LogP contribution in [0.5, 0.6) is 0 Å². The Morgan fingerprint density at radius 1 is 1.11 bits per heavy atom. The largest absolute Gasteiger partial charge is 0.457 e. The quantitative estimate of drug-likeness (QED) is 0.398. The highest BCUT2D eigenvalue weighted by Gasteiger charge is 2.26. The lowest BCUT2D eigenvalue weighted by molar-refractivity contribution is -0.123. The monoisotopic (exact) mass is 403 g/mol. The molecule has 1 aliphatic heterocycles. The Morgan fingerprint density at radius 3 is 2.48 bits per heavy atom. The van der Waals surface area contributed by atoms with Crippen LogP contribution in [0.25, 0.3) is 17.4 Å². The molecule has 10 heteroatoms. The topological polar surface area (TPSA) is 118 Å². The van der Waals surface area contributed by atoms with Crippen molar-refractivity contribution in [3.05, 3.63) is 59.7 Å². The second kappa shape index (κ2) is 7.17. The molecule has 138 valence electrons. The number of thiocarbonyl (C=S) groups is 1. The molecule has 1 aromatic heterocycles. The normalized spacial score (nSPS) is 14.4. The number of furan rings is 1. The fourth-order valence-electron chi connectivity index (χ4n) is 2.28. The molecule has 1 saturated heterocycles. The van der Waals surface area contributed by atoms with E-state index in [1.54, 1.807) is 36.4 Å². The number of hydrogen-bond acceptors (Lipinski definition) is 6.